The summed E-state index contributed by atoms with van der Waals surface area (Å²) >= 11 is -1.35. The van der Waals surface area contributed by atoms with E-state index in [0.29, 0.717) is 45.1 Å². The van der Waals surface area contributed by atoms with Crippen molar-refractivity contribution in [3.05, 3.63) is 320 Å². The molecular weight excluding hydrogens is 1340 g/mol. The fourth-order valence-corrected chi connectivity index (χ4v) is 19.0. The second-order valence-electron chi connectivity index (χ2n) is 24.6. The first-order valence-electron chi connectivity index (χ1n) is 30.3. The number of benzene rings is 6. The molecule has 5 aliphatic heterocycles. The Labute approximate surface area is 549 Å². The molecule has 12 bridgehead atoms. The quantitative estimate of drug-likeness (QED) is 0.0767. The molecule has 1 unspecified atom stereocenters. The van der Waals surface area contributed by atoms with Crippen molar-refractivity contribution < 1.29 is 43.9 Å². The van der Waals surface area contributed by atoms with E-state index in [1.54, 1.807) is 30.4 Å². The van der Waals surface area contributed by atoms with Crippen LogP contribution in [0.3, 0.4) is 0 Å². The van der Waals surface area contributed by atoms with E-state index >= 15 is 43.9 Å². The monoisotopic (exact) mass is 1400 g/mol. The van der Waals surface area contributed by atoms with Gasteiger partial charge in [-0.15, -0.1) is 0 Å². The van der Waals surface area contributed by atoms with E-state index in [1.807, 2.05) is 156 Å². The van der Waals surface area contributed by atoms with E-state index in [0.717, 1.165) is 106 Å². The predicted octanol–water partition coefficient (Wildman–Crippen LogP) is 16.9. The van der Waals surface area contributed by atoms with Crippen LogP contribution in [0.5, 0.6) is 0 Å². The van der Waals surface area contributed by atoms with Crippen LogP contribution in [0.1, 0.15) is 109 Å². The third kappa shape index (κ3) is 10.7. The fourth-order valence-electron chi connectivity index (χ4n) is 14.2. The van der Waals surface area contributed by atoms with Gasteiger partial charge in [0.1, 0.15) is 0 Å². The van der Waals surface area contributed by atoms with E-state index in [9.17, 15) is 0 Å². The molecule has 8 aromatic rings. The molecule has 0 radical (unpaired) electrons. The van der Waals surface area contributed by atoms with Gasteiger partial charge in [0.05, 0.1) is 0 Å². The summed E-state index contributed by atoms with van der Waals surface area (Å²) in [5, 5.41) is 3.51. The van der Waals surface area contributed by atoms with Crippen molar-refractivity contribution in [3.8, 4) is 0 Å². The second-order valence-corrected chi connectivity index (χ2v) is 29.2. The second kappa shape index (κ2) is 24.1. The topological polar surface area (TPSA) is 49.1 Å². The molecule has 2 aromatic heterocycles. The number of nitrogens with one attached hydrogen (secondary N) is 1. The molecule has 0 fully saturated rings. The number of hydrogen-bond donors (Lipinski definition) is 1. The molecule has 0 amide bonds. The van der Waals surface area contributed by atoms with Crippen LogP contribution in [0.25, 0.3) is 33.4 Å². The van der Waals surface area contributed by atoms with Gasteiger partial charge in [0.2, 0.25) is 0 Å². The maximum absolute atomic E-state index is 16.9. The number of hydrogen-bond acceptors (Lipinski definition) is 4. The molecule has 16 heteroatoms. The van der Waals surface area contributed by atoms with Gasteiger partial charge in [-0.3, -0.25) is 0 Å². The zero-order valence-corrected chi connectivity index (χ0v) is 56.5. The molecule has 1 atom stereocenters. The molecule has 13 rings (SSSR count). The van der Waals surface area contributed by atoms with Gasteiger partial charge in [-0.05, 0) is 0 Å². The SMILES string of the molecule is Cc1cc(C)c(/C2=C3\C=CC(=N3)/C(c3c(F)c(F)c(F)c(F)c3F)=C3/C=CC(=N3)/C(c3c(C)cc(C)cc3C)=c3\cc/c([se]3)=C(/c3c(C)cc(C)cc3C)C3=N/C(=C(/c4c(F)c(F)c(F)c(F)c4F)C4C=C/C(=C(\c5c(C)cc(C)cc5C)c5ccc2[se]5)N4)C=C3)c(C)c1. The van der Waals surface area contributed by atoms with Crippen molar-refractivity contribution in [2.45, 2.75) is 89.1 Å². The molecule has 1 N–H and O–H groups in total. The summed E-state index contributed by atoms with van der Waals surface area (Å²) in [5.74, 6) is -21.3. The number of aliphatic imine (C=N–C) groups is 3. The molecule has 4 nitrogen and oxygen atoms in total. The van der Waals surface area contributed by atoms with Gasteiger partial charge in [0.15, 0.2) is 0 Å². The Balaban J connectivity index is 1.21. The van der Waals surface area contributed by atoms with Gasteiger partial charge < -0.3 is 0 Å². The summed E-state index contributed by atoms with van der Waals surface area (Å²) in [6, 6.07) is 22.7. The van der Waals surface area contributed by atoms with Gasteiger partial charge in [0, 0.05) is 0 Å². The Morgan fingerprint density at radius 2 is 0.628 bits per heavy atom. The van der Waals surface area contributed by atoms with E-state index in [1.165, 1.54) is 18.2 Å². The van der Waals surface area contributed by atoms with Crippen LogP contribution < -0.4 is 13.5 Å². The summed E-state index contributed by atoms with van der Waals surface area (Å²) in [6.07, 6.45) is 12.9. The van der Waals surface area contributed by atoms with Crippen molar-refractivity contribution in [2.24, 2.45) is 15.0 Å². The Hall–Kier alpha value is -8.91. The molecule has 0 spiro atoms. The van der Waals surface area contributed by atoms with Crippen molar-refractivity contribution in [3.63, 3.8) is 0 Å². The molecule has 5 aliphatic rings. The third-order valence-corrected chi connectivity index (χ3v) is 22.4. The number of allylic oxidation sites excluding steroid dienone is 8. The van der Waals surface area contributed by atoms with Gasteiger partial charge in [-0.1, -0.05) is 0 Å². The standard InChI is InChI=1S/C78H58F10N4Se2/c1-33-25-37(5)57(38(6)26-33)63-49-17-13-45(89-49)61(67-69(79)73(83)77(87)74(84)70(67)80)46-14-19-51(90-46)65(59-41(9)29-35(3)30-42(59)10)55-23-24-56(94-55)66(60-43(11)31-36(4)32-44(60)12)52-20-16-48(92-52)62(68-71(81)75(85)78(88)76(86)72(68)82)47-15-18-50(91-47)64(54-22-21-53(63)93-54)58-39(7)27-34(2)28-40(58)8/h13-32,45,89H,1-12H3/b61-46+,62-48+,63-49+,64-50+,65-55-,66-56-. The Bertz CT molecular complexity index is 5150. The van der Waals surface area contributed by atoms with Crippen LogP contribution in [0.4, 0.5) is 43.9 Å². The van der Waals surface area contributed by atoms with Crippen molar-refractivity contribution >= 4 is 79.6 Å². The zero-order chi connectivity index (χ0) is 66.9. The first-order chi connectivity index (χ1) is 44.7. The predicted molar refractivity (Wildman–Crippen MR) is 358 cm³/mol. The van der Waals surface area contributed by atoms with E-state index in [-0.39, 0.29) is 22.7 Å². The normalized spacial score (nSPS) is 20.4. The van der Waals surface area contributed by atoms with Gasteiger partial charge in [0.25, 0.3) is 0 Å². The first kappa shape index (κ1) is 63.8. The average Bonchev–Trinajstić information content (AvgIpc) is 1.55. The Morgan fingerprint density at radius 3 is 1.04 bits per heavy atom. The number of nitrogens with zero attached hydrogens (tertiary/aromatic N) is 3. The zero-order valence-electron chi connectivity index (χ0n) is 53.1. The summed E-state index contributed by atoms with van der Waals surface area (Å²) in [7, 11) is 0. The Kier molecular flexibility index (Phi) is 16.4. The average molecular weight is 1400 g/mol. The van der Waals surface area contributed by atoms with Crippen molar-refractivity contribution in [1.82, 2.24) is 5.32 Å². The van der Waals surface area contributed by atoms with Crippen molar-refractivity contribution in [2.75, 3.05) is 0 Å². The fraction of sp³-hybridized carbons (Fsp3) is 0.167. The molecule has 0 aliphatic carbocycles. The van der Waals surface area contributed by atoms with Crippen LogP contribution >= 0.6 is 0 Å². The summed E-state index contributed by atoms with van der Waals surface area (Å²) < 4.78 is 164. The van der Waals surface area contributed by atoms with Gasteiger partial charge >= 0.3 is 552 Å². The van der Waals surface area contributed by atoms with Crippen molar-refractivity contribution in [1.29, 1.82) is 0 Å². The summed E-state index contributed by atoms with van der Waals surface area (Å²) in [5.41, 5.74) is 14.5. The third-order valence-electron chi connectivity index (χ3n) is 17.7. The minimum atomic E-state index is -2.32. The molecule has 6 aromatic carbocycles. The number of rotatable bonds is 6. The van der Waals surface area contributed by atoms with E-state index in [2.05, 4.69) is 5.32 Å². The minimum absolute atomic E-state index is 0.0649. The summed E-state index contributed by atoms with van der Waals surface area (Å²) in [6.45, 7) is 23.5. The Morgan fingerprint density at radius 1 is 0.309 bits per heavy atom. The molecule has 94 heavy (non-hydrogen) atoms. The molecule has 7 heterocycles. The van der Waals surface area contributed by atoms with E-state index in [4.69, 9.17) is 15.0 Å². The van der Waals surface area contributed by atoms with Crippen LogP contribution in [-0.2, 0) is 0 Å². The molecular formula is C78H58F10N4Se2. The summed E-state index contributed by atoms with van der Waals surface area (Å²) in [4.78, 5) is 15.5. The van der Waals surface area contributed by atoms with Crippen LogP contribution in [-0.4, -0.2) is 52.2 Å². The molecule has 0 saturated heterocycles. The van der Waals surface area contributed by atoms with Crippen LogP contribution in [0, 0.1) is 141 Å². The number of aryl methyl sites for hydroxylation is 12. The van der Waals surface area contributed by atoms with Gasteiger partial charge in [-0.25, -0.2) is 0 Å². The van der Waals surface area contributed by atoms with Crippen LogP contribution in [0.2, 0.25) is 0 Å². The van der Waals surface area contributed by atoms with Crippen LogP contribution in [0.15, 0.2) is 159 Å². The van der Waals surface area contributed by atoms with Gasteiger partial charge in [-0.2, -0.15) is 0 Å². The first-order valence-corrected chi connectivity index (χ1v) is 33.7. The number of halogens is 10. The maximum atomic E-state index is 16.9. The number of fused-ring (bicyclic) bond motifs is 9. The van der Waals surface area contributed by atoms with E-state index < -0.39 is 110 Å². The molecule has 472 valence electrons. The molecule has 0 saturated carbocycles.